The van der Waals surface area contributed by atoms with Gasteiger partial charge in [-0.1, -0.05) is 40.6 Å². The van der Waals surface area contributed by atoms with E-state index in [2.05, 4.69) is 15.4 Å². The maximum atomic E-state index is 12.0. The predicted molar refractivity (Wildman–Crippen MR) is 100 cm³/mol. The molecule has 1 atom stereocenters. The Balaban J connectivity index is 1.96. The molecule has 1 unspecified atom stereocenters. The second-order valence-electron chi connectivity index (χ2n) is 5.52. The molecule has 7 nitrogen and oxygen atoms in total. The minimum absolute atomic E-state index is 0.226. The second kappa shape index (κ2) is 7.22. The van der Waals surface area contributed by atoms with Crippen LogP contribution >= 0.6 is 34.5 Å². The monoisotopic (exact) mass is 412 g/mol. The molecule has 1 aromatic carbocycles. The number of hydrogen-bond acceptors (Lipinski definition) is 6. The van der Waals surface area contributed by atoms with Crippen LogP contribution in [0.4, 0.5) is 5.13 Å². The second-order valence-corrected chi connectivity index (χ2v) is 7.36. The molecule has 26 heavy (non-hydrogen) atoms. The summed E-state index contributed by atoms with van der Waals surface area (Å²) in [6.45, 7) is 4.55. The number of benzene rings is 1. The molecule has 1 aliphatic heterocycles. The van der Waals surface area contributed by atoms with Gasteiger partial charge >= 0.3 is 0 Å². The number of anilines is 1. The first-order valence-electron chi connectivity index (χ1n) is 7.51. The number of rotatable bonds is 3. The maximum Gasteiger partial charge on any atom is 0.253 e. The Kier molecular flexibility index (Phi) is 5.17. The lowest BCUT2D eigenvalue weighted by molar-refractivity contribution is -0.135. The molecular formula is C16H14Cl2N4O3S. The lowest BCUT2D eigenvalue weighted by Crippen LogP contribution is -2.25. The van der Waals surface area contributed by atoms with E-state index in [4.69, 9.17) is 27.9 Å². The first-order valence-corrected chi connectivity index (χ1v) is 9.09. The van der Waals surface area contributed by atoms with Crippen molar-refractivity contribution in [2.45, 2.75) is 27.0 Å². The first kappa shape index (κ1) is 18.6. The molecule has 136 valence electrons. The molecule has 2 aromatic rings. The summed E-state index contributed by atoms with van der Waals surface area (Å²) in [7, 11) is 0. The van der Waals surface area contributed by atoms with E-state index in [1.807, 2.05) is 0 Å². The molecule has 0 spiro atoms. The first-order chi connectivity index (χ1) is 12.3. The van der Waals surface area contributed by atoms with Gasteiger partial charge in [0.15, 0.2) is 5.13 Å². The van der Waals surface area contributed by atoms with Crippen molar-refractivity contribution in [3.8, 4) is 0 Å². The summed E-state index contributed by atoms with van der Waals surface area (Å²) in [5, 5.41) is 9.38. The van der Waals surface area contributed by atoms with Gasteiger partial charge in [-0.2, -0.15) is 5.01 Å². The van der Waals surface area contributed by atoms with Crippen LogP contribution in [0.1, 0.15) is 36.2 Å². The number of halogens is 2. The van der Waals surface area contributed by atoms with Crippen molar-refractivity contribution in [2.24, 2.45) is 5.10 Å². The average Bonchev–Trinajstić information content (AvgIpc) is 3.10. The standard InChI is InChI=1S/C16H14Cl2N4O3S/c1-7-13(26-16(19-7)20-8(2)23)14-21-22(9(3)24)15(25-14)11-5-4-10(17)6-12(11)18/h4-6,15H,1-3H3,(H,19,20,23). The van der Waals surface area contributed by atoms with Gasteiger partial charge in [0.1, 0.15) is 4.88 Å². The summed E-state index contributed by atoms with van der Waals surface area (Å²) in [5.41, 5.74) is 1.19. The number of nitrogens with zero attached hydrogens (tertiary/aromatic N) is 3. The molecule has 10 heteroatoms. The Morgan fingerprint density at radius 2 is 2.04 bits per heavy atom. The molecule has 1 N–H and O–H groups in total. The molecule has 0 saturated heterocycles. The molecule has 2 heterocycles. The molecular weight excluding hydrogens is 399 g/mol. The van der Waals surface area contributed by atoms with E-state index < -0.39 is 6.23 Å². The fourth-order valence-electron chi connectivity index (χ4n) is 2.36. The van der Waals surface area contributed by atoms with Gasteiger partial charge in [0.2, 0.25) is 18.0 Å². The predicted octanol–water partition coefficient (Wildman–Crippen LogP) is 3.96. The Morgan fingerprint density at radius 3 is 2.65 bits per heavy atom. The zero-order chi connectivity index (χ0) is 19.0. The van der Waals surface area contributed by atoms with Gasteiger partial charge in [-0.15, -0.1) is 5.10 Å². The van der Waals surface area contributed by atoms with Gasteiger partial charge in [0.05, 0.1) is 10.7 Å². The minimum atomic E-state index is -0.807. The molecule has 0 saturated carbocycles. The van der Waals surface area contributed by atoms with Crippen LogP contribution in [-0.4, -0.2) is 27.7 Å². The van der Waals surface area contributed by atoms with Gasteiger partial charge in [0.25, 0.3) is 5.90 Å². The fraction of sp³-hybridized carbons (Fsp3) is 0.250. The molecule has 0 bridgehead atoms. The smallest absolute Gasteiger partial charge is 0.253 e. The fourth-order valence-corrected chi connectivity index (χ4v) is 3.80. The van der Waals surface area contributed by atoms with Crippen LogP contribution in [0, 0.1) is 6.92 Å². The quantitative estimate of drug-likeness (QED) is 0.826. The molecule has 0 fully saturated rings. The van der Waals surface area contributed by atoms with Crippen molar-refractivity contribution < 1.29 is 14.3 Å². The van der Waals surface area contributed by atoms with Gasteiger partial charge in [-0.3, -0.25) is 9.59 Å². The molecule has 0 radical (unpaired) electrons. The van der Waals surface area contributed by atoms with E-state index in [-0.39, 0.29) is 17.7 Å². The number of carbonyl (C=O) groups is 2. The summed E-state index contributed by atoms with van der Waals surface area (Å²) >= 11 is 13.4. The summed E-state index contributed by atoms with van der Waals surface area (Å²) in [6, 6.07) is 4.92. The normalized spacial score (nSPS) is 16.3. The van der Waals surface area contributed by atoms with E-state index in [0.717, 1.165) is 0 Å². The van der Waals surface area contributed by atoms with Crippen LogP contribution in [0.15, 0.2) is 23.3 Å². The van der Waals surface area contributed by atoms with Crippen molar-refractivity contribution in [3.63, 3.8) is 0 Å². The van der Waals surface area contributed by atoms with Gasteiger partial charge in [-0.05, 0) is 19.1 Å². The number of carbonyl (C=O) groups excluding carboxylic acids is 2. The third kappa shape index (κ3) is 3.67. The Hall–Kier alpha value is -2.16. The molecule has 0 aliphatic carbocycles. The van der Waals surface area contributed by atoms with Crippen LogP contribution in [-0.2, 0) is 14.3 Å². The van der Waals surface area contributed by atoms with Crippen molar-refractivity contribution >= 4 is 57.4 Å². The highest BCUT2D eigenvalue weighted by Crippen LogP contribution is 2.37. The Bertz CT molecular complexity index is 928. The van der Waals surface area contributed by atoms with Crippen molar-refractivity contribution in [1.29, 1.82) is 0 Å². The number of aryl methyl sites for hydroxylation is 1. The summed E-state index contributed by atoms with van der Waals surface area (Å²) in [6.07, 6.45) is -0.807. The highest BCUT2D eigenvalue weighted by Gasteiger charge is 2.36. The van der Waals surface area contributed by atoms with E-state index in [1.54, 1.807) is 25.1 Å². The van der Waals surface area contributed by atoms with E-state index in [1.165, 1.54) is 30.2 Å². The lowest BCUT2D eigenvalue weighted by atomic mass is 10.2. The number of aromatic nitrogens is 1. The van der Waals surface area contributed by atoms with E-state index in [0.29, 0.717) is 31.3 Å². The number of ether oxygens (including phenoxy) is 1. The van der Waals surface area contributed by atoms with Crippen LogP contribution in [0.3, 0.4) is 0 Å². The summed E-state index contributed by atoms with van der Waals surface area (Å²) in [5.74, 6) is -0.293. The van der Waals surface area contributed by atoms with Crippen LogP contribution in [0.2, 0.25) is 10.0 Å². The van der Waals surface area contributed by atoms with Crippen molar-refractivity contribution in [2.75, 3.05) is 5.32 Å². The lowest BCUT2D eigenvalue weighted by Gasteiger charge is -2.20. The van der Waals surface area contributed by atoms with Crippen LogP contribution in [0.5, 0.6) is 0 Å². The van der Waals surface area contributed by atoms with Crippen molar-refractivity contribution in [3.05, 3.63) is 44.4 Å². The highest BCUT2D eigenvalue weighted by molar-refractivity contribution is 7.17. The molecule has 3 rings (SSSR count). The molecule has 1 aromatic heterocycles. The van der Waals surface area contributed by atoms with Crippen LogP contribution in [0.25, 0.3) is 0 Å². The minimum Gasteiger partial charge on any atom is -0.445 e. The van der Waals surface area contributed by atoms with E-state index >= 15 is 0 Å². The van der Waals surface area contributed by atoms with Crippen LogP contribution < -0.4 is 5.32 Å². The zero-order valence-electron chi connectivity index (χ0n) is 14.0. The van der Waals surface area contributed by atoms with Gasteiger partial charge in [-0.25, -0.2) is 4.98 Å². The molecule has 2 amide bonds. The third-order valence-electron chi connectivity index (χ3n) is 3.47. The Labute approximate surface area is 163 Å². The van der Waals surface area contributed by atoms with Gasteiger partial charge < -0.3 is 10.1 Å². The van der Waals surface area contributed by atoms with Crippen molar-refractivity contribution in [1.82, 2.24) is 9.99 Å². The maximum absolute atomic E-state index is 12.0. The average molecular weight is 413 g/mol. The number of nitrogens with one attached hydrogen (secondary N) is 1. The van der Waals surface area contributed by atoms with E-state index in [9.17, 15) is 9.59 Å². The largest absolute Gasteiger partial charge is 0.445 e. The SMILES string of the molecule is CC(=O)Nc1nc(C)c(C2=NN(C(C)=O)C(c3ccc(Cl)cc3Cl)O2)s1. The number of amides is 2. The zero-order valence-corrected chi connectivity index (χ0v) is 16.4. The molecule has 1 aliphatic rings. The Morgan fingerprint density at radius 1 is 1.31 bits per heavy atom. The number of hydrazone groups is 1. The van der Waals surface area contributed by atoms with Gasteiger partial charge in [0, 0.05) is 24.4 Å². The number of thiazole rings is 1. The summed E-state index contributed by atoms with van der Waals surface area (Å²) in [4.78, 5) is 28.1. The third-order valence-corrected chi connectivity index (χ3v) is 5.09. The summed E-state index contributed by atoms with van der Waals surface area (Å²) < 4.78 is 5.91. The highest BCUT2D eigenvalue weighted by atomic mass is 35.5. The topological polar surface area (TPSA) is 83.9 Å². The number of hydrogen-bond donors (Lipinski definition) is 1.